The second-order valence-corrected chi connectivity index (χ2v) is 5.08. The SMILES string of the molecule is NC(=[NH+]c1ccccc1)SCc1ccc([N+](=O)[O-])cc1.[Br-]. The van der Waals surface area contributed by atoms with E-state index in [9.17, 15) is 10.1 Å². The van der Waals surface area contributed by atoms with E-state index in [1.165, 1.54) is 23.9 Å². The minimum atomic E-state index is -0.408. The van der Waals surface area contributed by atoms with E-state index in [-0.39, 0.29) is 22.7 Å². The molecule has 0 heterocycles. The normalized spacial score (nSPS) is 10.8. The molecule has 2 rings (SSSR count). The summed E-state index contributed by atoms with van der Waals surface area (Å²) in [4.78, 5) is 13.2. The fourth-order valence-electron chi connectivity index (χ4n) is 1.57. The zero-order valence-corrected chi connectivity index (χ0v) is 13.4. The molecule has 0 saturated carbocycles. The lowest BCUT2D eigenvalue weighted by atomic mass is 10.2. The lowest BCUT2D eigenvalue weighted by Crippen LogP contribution is -3.00. The lowest BCUT2D eigenvalue weighted by molar-refractivity contribution is -0.384. The first kappa shape index (κ1) is 17.2. The highest BCUT2D eigenvalue weighted by atomic mass is 79.9. The van der Waals surface area contributed by atoms with Crippen molar-refractivity contribution in [2.24, 2.45) is 5.73 Å². The zero-order chi connectivity index (χ0) is 14.4. The van der Waals surface area contributed by atoms with Gasteiger partial charge in [-0.1, -0.05) is 30.3 Å². The Morgan fingerprint density at radius 1 is 1.14 bits per heavy atom. The van der Waals surface area contributed by atoms with Crippen molar-refractivity contribution in [1.82, 2.24) is 0 Å². The highest BCUT2D eigenvalue weighted by molar-refractivity contribution is 8.12. The molecule has 0 bridgehead atoms. The van der Waals surface area contributed by atoms with Gasteiger partial charge in [-0.15, -0.1) is 0 Å². The Kier molecular flexibility index (Phi) is 6.90. The molecule has 7 heteroatoms. The van der Waals surface area contributed by atoms with Gasteiger partial charge in [-0.3, -0.25) is 15.8 Å². The number of amidine groups is 1. The van der Waals surface area contributed by atoms with Crippen LogP contribution >= 0.6 is 11.8 Å². The second kappa shape index (κ2) is 8.43. The Bertz CT molecular complexity index is 618. The van der Waals surface area contributed by atoms with Crippen LogP contribution in [0.2, 0.25) is 0 Å². The number of nitrogens with zero attached hydrogens (tertiary/aromatic N) is 1. The van der Waals surface area contributed by atoms with E-state index in [1.54, 1.807) is 12.1 Å². The van der Waals surface area contributed by atoms with Gasteiger partial charge in [-0.2, -0.15) is 0 Å². The number of thioether (sulfide) groups is 1. The highest BCUT2D eigenvalue weighted by Gasteiger charge is 2.06. The van der Waals surface area contributed by atoms with Crippen LogP contribution in [0.15, 0.2) is 54.6 Å². The summed E-state index contributed by atoms with van der Waals surface area (Å²) in [5.41, 5.74) is 7.90. The first-order chi connectivity index (χ1) is 9.65. The van der Waals surface area contributed by atoms with Crippen LogP contribution in [0.3, 0.4) is 0 Å². The molecule has 0 unspecified atom stereocenters. The van der Waals surface area contributed by atoms with Gasteiger partial charge in [-0.25, -0.2) is 4.99 Å². The van der Waals surface area contributed by atoms with Crippen molar-refractivity contribution in [2.45, 2.75) is 5.75 Å². The van der Waals surface area contributed by atoms with Crippen LogP contribution in [0.4, 0.5) is 11.4 Å². The minimum absolute atomic E-state index is 0. The van der Waals surface area contributed by atoms with Crippen molar-refractivity contribution >= 4 is 28.3 Å². The minimum Gasteiger partial charge on any atom is -1.00 e. The van der Waals surface area contributed by atoms with E-state index in [0.717, 1.165) is 11.3 Å². The Labute approximate surface area is 137 Å². The van der Waals surface area contributed by atoms with Crippen molar-refractivity contribution in [1.29, 1.82) is 0 Å². The zero-order valence-electron chi connectivity index (χ0n) is 11.0. The molecule has 0 radical (unpaired) electrons. The number of hydrogen-bond acceptors (Lipinski definition) is 3. The second-order valence-electron chi connectivity index (χ2n) is 4.07. The molecule has 2 aromatic carbocycles. The summed E-state index contributed by atoms with van der Waals surface area (Å²) in [6.07, 6.45) is 0. The van der Waals surface area contributed by atoms with E-state index in [4.69, 9.17) is 5.73 Å². The van der Waals surface area contributed by atoms with Crippen LogP contribution < -0.4 is 27.7 Å². The molecule has 0 atom stereocenters. The van der Waals surface area contributed by atoms with Gasteiger partial charge in [0.25, 0.3) is 5.69 Å². The molecule has 0 amide bonds. The Morgan fingerprint density at radius 2 is 1.76 bits per heavy atom. The smallest absolute Gasteiger partial charge is 0.307 e. The van der Waals surface area contributed by atoms with Crippen molar-refractivity contribution < 1.29 is 26.9 Å². The number of rotatable bonds is 4. The van der Waals surface area contributed by atoms with Crippen LogP contribution in [0.1, 0.15) is 5.56 Å². The molecule has 0 aliphatic carbocycles. The van der Waals surface area contributed by atoms with Crippen molar-refractivity contribution in [2.75, 3.05) is 0 Å². The summed E-state index contributed by atoms with van der Waals surface area (Å²) in [6, 6.07) is 16.1. The summed E-state index contributed by atoms with van der Waals surface area (Å²) in [6.45, 7) is 0. The maximum absolute atomic E-state index is 10.5. The van der Waals surface area contributed by atoms with Crippen molar-refractivity contribution in [3.8, 4) is 0 Å². The van der Waals surface area contributed by atoms with Crippen LogP contribution in [-0.2, 0) is 5.75 Å². The van der Waals surface area contributed by atoms with Gasteiger partial charge in [0, 0.05) is 17.9 Å². The molecule has 110 valence electrons. The van der Waals surface area contributed by atoms with E-state index in [2.05, 4.69) is 4.99 Å². The first-order valence-corrected chi connectivity index (χ1v) is 6.94. The van der Waals surface area contributed by atoms with Crippen LogP contribution in [-0.4, -0.2) is 10.1 Å². The molecular formula is C14H14BrN3O2S. The van der Waals surface area contributed by atoms with Gasteiger partial charge in [0.15, 0.2) is 0 Å². The topological polar surface area (TPSA) is 83.1 Å². The number of non-ortho nitro benzene ring substituents is 1. The largest absolute Gasteiger partial charge is 1.00 e. The van der Waals surface area contributed by atoms with Crippen molar-refractivity contribution in [3.05, 3.63) is 70.3 Å². The summed E-state index contributed by atoms with van der Waals surface area (Å²) >= 11 is 1.45. The summed E-state index contributed by atoms with van der Waals surface area (Å²) in [5, 5.41) is 11.1. The van der Waals surface area contributed by atoms with E-state index < -0.39 is 4.92 Å². The quantitative estimate of drug-likeness (QED) is 0.300. The number of hydrogen-bond donors (Lipinski definition) is 2. The van der Waals surface area contributed by atoms with Crippen LogP contribution in [0, 0.1) is 10.1 Å². The maximum Gasteiger partial charge on any atom is 0.307 e. The first-order valence-electron chi connectivity index (χ1n) is 5.96. The number of nitrogens with one attached hydrogen (secondary N) is 1. The fraction of sp³-hybridized carbons (Fsp3) is 0.0714. The highest BCUT2D eigenvalue weighted by Crippen LogP contribution is 2.15. The standard InChI is InChI=1S/C14H13N3O2S.BrH/c15-14(16-12-4-2-1-3-5-12)20-10-11-6-8-13(9-7-11)17(18)19;/h1-9H,10H2,(H2,15,16);1H. The van der Waals surface area contributed by atoms with Gasteiger partial charge >= 0.3 is 5.17 Å². The molecular weight excluding hydrogens is 354 g/mol. The fourth-order valence-corrected chi connectivity index (χ4v) is 2.28. The van der Waals surface area contributed by atoms with Gasteiger partial charge in [-0.05, 0) is 29.5 Å². The van der Waals surface area contributed by atoms with E-state index >= 15 is 0 Å². The van der Waals surface area contributed by atoms with E-state index in [1.807, 2.05) is 30.3 Å². The van der Waals surface area contributed by atoms with E-state index in [0.29, 0.717) is 10.9 Å². The summed E-state index contributed by atoms with van der Waals surface area (Å²) in [5.74, 6) is 0.656. The monoisotopic (exact) mass is 367 g/mol. The Balaban J connectivity index is 0.00000220. The van der Waals surface area contributed by atoms with Crippen molar-refractivity contribution in [3.63, 3.8) is 0 Å². The maximum atomic E-state index is 10.5. The molecule has 2 aromatic rings. The third kappa shape index (κ3) is 5.57. The number of halogens is 1. The van der Waals surface area contributed by atoms with Gasteiger partial charge in [0.1, 0.15) is 5.69 Å². The Morgan fingerprint density at radius 3 is 2.33 bits per heavy atom. The average molecular weight is 368 g/mol. The molecule has 0 aliphatic rings. The molecule has 21 heavy (non-hydrogen) atoms. The van der Waals surface area contributed by atoms with Gasteiger partial charge < -0.3 is 17.0 Å². The number of benzene rings is 2. The summed E-state index contributed by atoms with van der Waals surface area (Å²) in [7, 11) is 0. The average Bonchev–Trinajstić information content (AvgIpc) is 2.46. The number of nitrogens with two attached hydrogens (primary N) is 1. The molecule has 0 aromatic heterocycles. The van der Waals surface area contributed by atoms with Crippen LogP contribution in [0.5, 0.6) is 0 Å². The predicted octanol–water partition coefficient (Wildman–Crippen LogP) is -1.44. The number of para-hydroxylation sites is 1. The summed E-state index contributed by atoms with van der Waals surface area (Å²) < 4.78 is 0. The third-order valence-corrected chi connectivity index (χ3v) is 3.47. The third-order valence-electron chi connectivity index (χ3n) is 2.58. The molecule has 5 nitrogen and oxygen atoms in total. The molecule has 0 saturated heterocycles. The van der Waals surface area contributed by atoms with Gasteiger partial charge in [0.05, 0.1) is 4.92 Å². The number of nitro benzene ring substituents is 1. The van der Waals surface area contributed by atoms with Gasteiger partial charge in [0.2, 0.25) is 0 Å². The molecule has 0 spiro atoms. The molecule has 3 N–H and O–H groups in total. The predicted molar refractivity (Wildman–Crippen MR) is 80.7 cm³/mol. The molecule has 0 aliphatic heterocycles. The lowest BCUT2D eigenvalue weighted by Gasteiger charge is -1.98. The molecule has 0 fully saturated rings. The Hall–Kier alpha value is -1.86. The number of nitro groups is 1. The van der Waals surface area contributed by atoms with Crippen LogP contribution in [0.25, 0.3) is 0 Å².